The summed E-state index contributed by atoms with van der Waals surface area (Å²) in [5.74, 6) is -0.533. The van der Waals surface area contributed by atoms with Gasteiger partial charge < -0.3 is 4.74 Å². The van der Waals surface area contributed by atoms with E-state index in [1.807, 2.05) is 30.3 Å². The van der Waals surface area contributed by atoms with Gasteiger partial charge in [-0.1, -0.05) is 35.4 Å². The predicted molar refractivity (Wildman–Crippen MR) is 59.5 cm³/mol. The van der Waals surface area contributed by atoms with Gasteiger partial charge in [0, 0.05) is 4.91 Å². The van der Waals surface area contributed by atoms with Gasteiger partial charge in [0.05, 0.1) is 0 Å². The monoisotopic (exact) mass is 219 g/mol. The first-order valence-corrected chi connectivity index (χ1v) is 4.83. The number of azide groups is 1. The van der Waals surface area contributed by atoms with Crippen LogP contribution < -0.4 is 0 Å². The molecule has 1 aromatic carbocycles. The Morgan fingerprint density at radius 2 is 2.06 bits per heavy atom. The van der Waals surface area contributed by atoms with Gasteiger partial charge in [0.1, 0.15) is 12.1 Å². The minimum atomic E-state index is -1.16. The van der Waals surface area contributed by atoms with Crippen molar-refractivity contribution in [2.24, 2.45) is 5.11 Å². The zero-order valence-electron chi connectivity index (χ0n) is 9.25. The van der Waals surface area contributed by atoms with Gasteiger partial charge >= 0.3 is 5.97 Å². The molecule has 0 atom stereocenters. The van der Waals surface area contributed by atoms with Gasteiger partial charge in [-0.3, -0.25) is 4.79 Å². The average Bonchev–Trinajstić information content (AvgIpc) is 2.27. The fourth-order valence-corrected chi connectivity index (χ4v) is 1.05. The van der Waals surface area contributed by atoms with Crippen LogP contribution in [0.2, 0.25) is 0 Å². The summed E-state index contributed by atoms with van der Waals surface area (Å²) in [4.78, 5) is 14.1. The van der Waals surface area contributed by atoms with Crippen LogP contribution >= 0.6 is 0 Å². The summed E-state index contributed by atoms with van der Waals surface area (Å²) in [5, 5.41) is 3.37. The van der Waals surface area contributed by atoms with E-state index >= 15 is 0 Å². The quantitative estimate of drug-likeness (QED) is 0.338. The van der Waals surface area contributed by atoms with Crippen LogP contribution in [0.4, 0.5) is 0 Å². The molecular formula is C11H13N3O2. The lowest BCUT2D eigenvalue weighted by atomic mass is 10.1. The maximum absolute atomic E-state index is 11.5. The molecular weight excluding hydrogens is 206 g/mol. The molecule has 0 bridgehead atoms. The maximum atomic E-state index is 11.5. The molecule has 0 unspecified atom stereocenters. The highest BCUT2D eigenvalue weighted by atomic mass is 16.5. The molecule has 0 aliphatic rings. The van der Waals surface area contributed by atoms with Crippen LogP contribution in [0.1, 0.15) is 19.4 Å². The van der Waals surface area contributed by atoms with Crippen LogP contribution in [0.15, 0.2) is 35.4 Å². The lowest BCUT2D eigenvalue weighted by Gasteiger charge is -2.15. The summed E-state index contributed by atoms with van der Waals surface area (Å²) in [6.45, 7) is 3.21. The normalized spacial score (nSPS) is 10.4. The highest BCUT2D eigenvalue weighted by Gasteiger charge is 2.27. The molecule has 16 heavy (non-hydrogen) atoms. The van der Waals surface area contributed by atoms with E-state index in [1.165, 1.54) is 13.8 Å². The first kappa shape index (κ1) is 12.1. The Balaban J connectivity index is 2.57. The lowest BCUT2D eigenvalue weighted by Crippen LogP contribution is -2.30. The van der Waals surface area contributed by atoms with E-state index in [0.717, 1.165) is 5.56 Å². The molecule has 0 spiro atoms. The second-order valence-corrected chi connectivity index (χ2v) is 3.81. The van der Waals surface area contributed by atoms with E-state index in [0.29, 0.717) is 0 Å². The number of benzene rings is 1. The fourth-order valence-electron chi connectivity index (χ4n) is 1.05. The van der Waals surface area contributed by atoms with E-state index in [4.69, 9.17) is 10.3 Å². The van der Waals surface area contributed by atoms with Gasteiger partial charge in [0.2, 0.25) is 0 Å². The van der Waals surface area contributed by atoms with Crippen molar-refractivity contribution in [3.8, 4) is 0 Å². The number of hydrogen-bond acceptors (Lipinski definition) is 3. The van der Waals surface area contributed by atoms with Crippen LogP contribution in [0.5, 0.6) is 0 Å². The molecule has 0 aromatic heterocycles. The van der Waals surface area contributed by atoms with Gasteiger partial charge in [-0.25, -0.2) is 0 Å². The van der Waals surface area contributed by atoms with Gasteiger partial charge in [-0.2, -0.15) is 0 Å². The zero-order valence-corrected chi connectivity index (χ0v) is 9.25. The highest BCUT2D eigenvalue weighted by Crippen LogP contribution is 2.13. The third-order valence-electron chi connectivity index (χ3n) is 2.01. The number of esters is 1. The number of carbonyl (C=O) groups is 1. The predicted octanol–water partition coefficient (Wildman–Crippen LogP) is 2.82. The molecule has 0 N–H and O–H groups in total. The molecule has 5 heteroatoms. The highest BCUT2D eigenvalue weighted by molar-refractivity contribution is 5.79. The second-order valence-electron chi connectivity index (χ2n) is 3.81. The first-order chi connectivity index (χ1) is 7.56. The van der Waals surface area contributed by atoms with E-state index in [1.54, 1.807) is 0 Å². The van der Waals surface area contributed by atoms with E-state index in [-0.39, 0.29) is 6.61 Å². The molecule has 0 saturated carbocycles. The summed E-state index contributed by atoms with van der Waals surface area (Å²) in [7, 11) is 0. The molecule has 0 radical (unpaired) electrons. The summed E-state index contributed by atoms with van der Waals surface area (Å²) in [6.07, 6.45) is 0. The molecule has 1 rings (SSSR count). The molecule has 0 saturated heterocycles. The van der Waals surface area contributed by atoms with Crippen LogP contribution in [-0.4, -0.2) is 11.5 Å². The number of nitrogens with zero attached hydrogens (tertiary/aromatic N) is 3. The second kappa shape index (κ2) is 5.19. The van der Waals surface area contributed by atoms with Crippen molar-refractivity contribution >= 4 is 5.97 Å². The molecule has 0 aliphatic carbocycles. The number of carbonyl (C=O) groups excluding carboxylic acids is 1. The Bertz CT molecular complexity index is 408. The van der Waals surface area contributed by atoms with Crippen LogP contribution in [-0.2, 0) is 16.1 Å². The number of hydrogen-bond donors (Lipinski definition) is 0. The third-order valence-corrected chi connectivity index (χ3v) is 2.01. The molecule has 0 fully saturated rings. The number of ether oxygens (including phenoxy) is 1. The van der Waals surface area contributed by atoms with Crippen LogP contribution in [0.3, 0.4) is 0 Å². The van der Waals surface area contributed by atoms with Crippen molar-refractivity contribution in [2.75, 3.05) is 0 Å². The summed E-state index contributed by atoms with van der Waals surface area (Å²) >= 11 is 0. The average molecular weight is 219 g/mol. The van der Waals surface area contributed by atoms with Gasteiger partial charge in [-0.05, 0) is 24.9 Å². The molecule has 5 nitrogen and oxygen atoms in total. The third kappa shape index (κ3) is 3.29. The summed E-state index contributed by atoms with van der Waals surface area (Å²) in [5.41, 5.74) is 8.02. The van der Waals surface area contributed by atoms with Crippen molar-refractivity contribution in [3.05, 3.63) is 46.3 Å². The minimum Gasteiger partial charge on any atom is -0.460 e. The Morgan fingerprint density at radius 1 is 1.44 bits per heavy atom. The topological polar surface area (TPSA) is 75.1 Å². The zero-order chi connectivity index (χ0) is 12.0. The molecule has 0 aliphatic heterocycles. The molecule has 0 amide bonds. The molecule has 1 aromatic rings. The summed E-state index contributed by atoms with van der Waals surface area (Å²) in [6, 6.07) is 9.32. The van der Waals surface area contributed by atoms with Crippen molar-refractivity contribution in [2.45, 2.75) is 26.0 Å². The minimum absolute atomic E-state index is 0.185. The Hall–Kier alpha value is -2.00. The smallest absolute Gasteiger partial charge is 0.317 e. The Morgan fingerprint density at radius 3 is 2.62 bits per heavy atom. The molecule has 84 valence electrons. The van der Waals surface area contributed by atoms with E-state index in [9.17, 15) is 4.79 Å². The van der Waals surface area contributed by atoms with Crippen molar-refractivity contribution < 1.29 is 9.53 Å². The lowest BCUT2D eigenvalue weighted by molar-refractivity contribution is -0.150. The Kier molecular flexibility index (Phi) is 3.91. The molecule has 0 heterocycles. The number of rotatable bonds is 4. The SMILES string of the molecule is CC(C)(N=[N+]=[N-])C(=O)OCc1ccccc1. The maximum Gasteiger partial charge on any atom is 0.317 e. The standard InChI is InChI=1S/C11H13N3O2/c1-11(2,13-14-12)10(15)16-8-9-6-4-3-5-7-9/h3-7H,8H2,1-2H3. The van der Waals surface area contributed by atoms with Gasteiger partial charge in [0.15, 0.2) is 0 Å². The summed E-state index contributed by atoms with van der Waals surface area (Å²) < 4.78 is 5.04. The van der Waals surface area contributed by atoms with Crippen LogP contribution in [0, 0.1) is 0 Å². The van der Waals surface area contributed by atoms with Crippen molar-refractivity contribution in [1.82, 2.24) is 0 Å². The fraction of sp³-hybridized carbons (Fsp3) is 0.364. The van der Waals surface area contributed by atoms with E-state index < -0.39 is 11.5 Å². The van der Waals surface area contributed by atoms with Crippen molar-refractivity contribution in [1.29, 1.82) is 0 Å². The largest absolute Gasteiger partial charge is 0.460 e. The first-order valence-electron chi connectivity index (χ1n) is 4.83. The van der Waals surface area contributed by atoms with Gasteiger partial charge in [0.25, 0.3) is 0 Å². The van der Waals surface area contributed by atoms with E-state index in [2.05, 4.69) is 10.0 Å². The van der Waals surface area contributed by atoms with Crippen LogP contribution in [0.25, 0.3) is 10.4 Å². The Labute approximate surface area is 93.7 Å². The van der Waals surface area contributed by atoms with Crippen molar-refractivity contribution in [3.63, 3.8) is 0 Å². The van der Waals surface area contributed by atoms with Gasteiger partial charge in [-0.15, -0.1) is 0 Å².